The van der Waals surface area contributed by atoms with Gasteiger partial charge in [-0.15, -0.1) is 0 Å². The normalized spacial score (nSPS) is 22.6. The zero-order chi connectivity index (χ0) is 13.6. The number of aliphatic hydroxyl groups excluding tert-OH is 6. The monoisotopic (exact) mass is 252 g/mol. The van der Waals surface area contributed by atoms with Crippen molar-refractivity contribution < 1.29 is 40.2 Å². The quantitative estimate of drug-likeness (QED) is 0.314. The van der Waals surface area contributed by atoms with Gasteiger partial charge >= 0.3 is 5.97 Å². The van der Waals surface area contributed by atoms with Gasteiger partial charge in [0.2, 0.25) is 5.76 Å². The van der Waals surface area contributed by atoms with Gasteiger partial charge in [0.25, 0.3) is 0 Å². The number of carbonyl (C=O) groups is 1. The molecule has 17 heavy (non-hydrogen) atoms. The lowest BCUT2D eigenvalue weighted by molar-refractivity contribution is -0.147. The van der Waals surface area contributed by atoms with Gasteiger partial charge in [-0.05, 0) is 6.92 Å². The number of rotatable bonds is 3. The smallest absolute Gasteiger partial charge is 0.377 e. The van der Waals surface area contributed by atoms with Crippen molar-refractivity contribution in [1.29, 1.82) is 0 Å². The Balaban J connectivity index is 0.000000437. The highest BCUT2D eigenvalue weighted by Crippen LogP contribution is 2.20. The van der Waals surface area contributed by atoms with Crippen LogP contribution in [0.25, 0.3) is 0 Å². The Morgan fingerprint density at radius 2 is 1.71 bits per heavy atom. The van der Waals surface area contributed by atoms with E-state index in [2.05, 4.69) is 4.74 Å². The lowest BCUT2D eigenvalue weighted by atomic mass is 10.2. The van der Waals surface area contributed by atoms with Crippen molar-refractivity contribution in [3.63, 3.8) is 0 Å². The van der Waals surface area contributed by atoms with Gasteiger partial charge in [-0.2, -0.15) is 0 Å². The van der Waals surface area contributed by atoms with Crippen LogP contribution in [0.4, 0.5) is 0 Å². The van der Waals surface area contributed by atoms with Gasteiger partial charge in [-0.3, -0.25) is 0 Å². The highest BCUT2D eigenvalue weighted by atomic mass is 16.6. The second-order valence-electron chi connectivity index (χ2n) is 3.34. The molecular formula is C9H16O8. The highest BCUT2D eigenvalue weighted by Gasteiger charge is 2.38. The van der Waals surface area contributed by atoms with Crippen molar-refractivity contribution in [2.45, 2.75) is 25.2 Å². The van der Waals surface area contributed by atoms with Crippen LogP contribution in [-0.2, 0) is 9.53 Å². The first-order chi connectivity index (χ1) is 7.84. The first kappa shape index (κ1) is 15.7. The number of aliphatic hydroxyl groups is 6. The number of carbonyl (C=O) groups excluding carboxylic acids is 1. The zero-order valence-electron chi connectivity index (χ0n) is 9.15. The summed E-state index contributed by atoms with van der Waals surface area (Å²) in [4.78, 5) is 10.5. The molecule has 0 spiro atoms. The molecule has 1 heterocycles. The van der Waals surface area contributed by atoms with E-state index in [-0.39, 0.29) is 6.61 Å². The maximum absolute atomic E-state index is 10.5. The van der Waals surface area contributed by atoms with Crippen LogP contribution in [-0.4, -0.2) is 68.1 Å². The van der Waals surface area contributed by atoms with Gasteiger partial charge < -0.3 is 35.4 Å². The van der Waals surface area contributed by atoms with Crippen LogP contribution in [0.3, 0.4) is 0 Å². The van der Waals surface area contributed by atoms with E-state index in [4.69, 9.17) is 30.6 Å². The largest absolute Gasteiger partial charge is 0.505 e. The standard InChI is InChI=1S/C6H8O6.C3H8O2/c7-1-2(8)5-3(9)4(10)6(11)12-5;1-3(5)2-4/h2,5,7-10H,1H2;3-5H,2H2,1H3/t2-,5+;/m0./s1. The van der Waals surface area contributed by atoms with Crippen LogP contribution in [0.15, 0.2) is 11.5 Å². The first-order valence-corrected chi connectivity index (χ1v) is 4.76. The van der Waals surface area contributed by atoms with Crippen molar-refractivity contribution in [3.05, 3.63) is 11.5 Å². The second-order valence-corrected chi connectivity index (χ2v) is 3.34. The minimum absolute atomic E-state index is 0.139. The molecule has 0 saturated carbocycles. The van der Waals surface area contributed by atoms with Crippen molar-refractivity contribution in [2.24, 2.45) is 0 Å². The van der Waals surface area contributed by atoms with Crippen molar-refractivity contribution in [1.82, 2.24) is 0 Å². The molecule has 100 valence electrons. The molecule has 0 saturated heterocycles. The van der Waals surface area contributed by atoms with E-state index in [1.807, 2.05) is 0 Å². The summed E-state index contributed by atoms with van der Waals surface area (Å²) < 4.78 is 4.32. The van der Waals surface area contributed by atoms with Crippen molar-refractivity contribution in [2.75, 3.05) is 13.2 Å². The molecule has 1 aliphatic rings. The Kier molecular flexibility index (Phi) is 6.51. The van der Waals surface area contributed by atoms with Gasteiger partial charge in [-0.1, -0.05) is 0 Å². The summed E-state index contributed by atoms with van der Waals surface area (Å²) in [7, 11) is 0. The average molecular weight is 252 g/mol. The number of hydrogen-bond donors (Lipinski definition) is 6. The Bertz CT molecular complexity index is 285. The molecule has 8 nitrogen and oxygen atoms in total. The predicted octanol–water partition coefficient (Wildman–Crippen LogP) is -2.05. The van der Waals surface area contributed by atoms with Crippen LogP contribution in [0.1, 0.15) is 6.92 Å². The molecule has 0 fully saturated rings. The Morgan fingerprint density at radius 3 is 1.94 bits per heavy atom. The third-order valence-corrected chi connectivity index (χ3v) is 1.74. The van der Waals surface area contributed by atoms with Gasteiger partial charge in [0, 0.05) is 0 Å². The van der Waals surface area contributed by atoms with E-state index >= 15 is 0 Å². The van der Waals surface area contributed by atoms with Crippen LogP contribution >= 0.6 is 0 Å². The Hall–Kier alpha value is -1.35. The summed E-state index contributed by atoms with van der Waals surface area (Å²) >= 11 is 0. The fraction of sp³-hybridized carbons (Fsp3) is 0.667. The summed E-state index contributed by atoms with van der Waals surface area (Å²) in [5.41, 5.74) is 0. The zero-order valence-corrected chi connectivity index (χ0v) is 9.15. The molecule has 3 atom stereocenters. The number of ether oxygens (including phenoxy) is 1. The van der Waals surface area contributed by atoms with Crippen LogP contribution in [0.2, 0.25) is 0 Å². The van der Waals surface area contributed by atoms with E-state index < -0.39 is 42.4 Å². The molecule has 1 unspecified atom stereocenters. The minimum Gasteiger partial charge on any atom is -0.505 e. The predicted molar refractivity (Wildman–Crippen MR) is 54.0 cm³/mol. The molecule has 0 aromatic rings. The van der Waals surface area contributed by atoms with E-state index in [9.17, 15) is 4.79 Å². The van der Waals surface area contributed by atoms with Crippen LogP contribution in [0.5, 0.6) is 0 Å². The van der Waals surface area contributed by atoms with E-state index in [1.54, 1.807) is 0 Å². The molecule has 0 bridgehead atoms. The van der Waals surface area contributed by atoms with Gasteiger partial charge in [0.15, 0.2) is 11.9 Å². The van der Waals surface area contributed by atoms with E-state index in [1.165, 1.54) is 6.92 Å². The number of cyclic esters (lactones) is 1. The minimum atomic E-state index is -1.42. The van der Waals surface area contributed by atoms with E-state index in [0.717, 1.165) is 0 Å². The fourth-order valence-electron chi connectivity index (χ4n) is 0.823. The molecule has 0 aliphatic carbocycles. The maximum atomic E-state index is 10.5. The Morgan fingerprint density at radius 1 is 1.24 bits per heavy atom. The molecule has 6 N–H and O–H groups in total. The molecule has 0 aromatic carbocycles. The Labute approximate surface area is 97.0 Å². The van der Waals surface area contributed by atoms with Gasteiger partial charge in [-0.25, -0.2) is 4.79 Å². The number of esters is 1. The maximum Gasteiger partial charge on any atom is 0.377 e. The SMILES string of the molecule is CC(O)CO.O=C1O[C@H]([C@@H](O)CO)C(O)=C1O. The van der Waals surface area contributed by atoms with Gasteiger partial charge in [0.05, 0.1) is 19.3 Å². The van der Waals surface area contributed by atoms with Crippen molar-refractivity contribution in [3.8, 4) is 0 Å². The van der Waals surface area contributed by atoms with Gasteiger partial charge in [0.1, 0.15) is 6.10 Å². The first-order valence-electron chi connectivity index (χ1n) is 4.76. The molecular weight excluding hydrogens is 236 g/mol. The molecule has 0 amide bonds. The average Bonchev–Trinajstić information content (AvgIpc) is 2.56. The summed E-state index contributed by atoms with van der Waals surface area (Å²) in [6, 6.07) is 0. The summed E-state index contributed by atoms with van der Waals surface area (Å²) in [5, 5.41) is 51.1. The lowest BCUT2D eigenvalue weighted by Gasteiger charge is -2.13. The van der Waals surface area contributed by atoms with E-state index in [0.29, 0.717) is 0 Å². The molecule has 0 radical (unpaired) electrons. The van der Waals surface area contributed by atoms with Crippen LogP contribution in [0, 0.1) is 0 Å². The topological polar surface area (TPSA) is 148 Å². The third-order valence-electron chi connectivity index (χ3n) is 1.74. The van der Waals surface area contributed by atoms with Crippen molar-refractivity contribution >= 4 is 5.97 Å². The molecule has 1 rings (SSSR count). The second kappa shape index (κ2) is 7.07. The number of hydrogen-bond acceptors (Lipinski definition) is 8. The third kappa shape index (κ3) is 4.57. The summed E-state index contributed by atoms with van der Waals surface area (Å²) in [6.45, 7) is 0.718. The molecule has 0 aromatic heterocycles. The molecule has 1 aliphatic heterocycles. The summed E-state index contributed by atoms with van der Waals surface area (Å²) in [5.74, 6) is -2.78. The lowest BCUT2D eigenvalue weighted by Crippen LogP contribution is -2.31. The fourth-order valence-corrected chi connectivity index (χ4v) is 0.823. The van der Waals surface area contributed by atoms with Crippen LogP contribution < -0.4 is 0 Å². The molecule has 8 heteroatoms. The summed E-state index contributed by atoms with van der Waals surface area (Å²) in [6.07, 6.45) is -3.34. The highest BCUT2D eigenvalue weighted by molar-refractivity contribution is 5.89.